The Morgan fingerprint density at radius 1 is 0.714 bits per heavy atom. The minimum atomic E-state index is 0.743. The fourth-order valence-corrected chi connectivity index (χ4v) is 3.84. The summed E-state index contributed by atoms with van der Waals surface area (Å²) in [5.41, 5.74) is 5.62. The molecule has 0 bridgehead atoms. The van der Waals surface area contributed by atoms with Gasteiger partial charge in [-0.3, -0.25) is 5.01 Å². The van der Waals surface area contributed by atoms with Crippen LogP contribution >= 0.6 is 0 Å². The van der Waals surface area contributed by atoms with Gasteiger partial charge in [0.05, 0.1) is 23.3 Å². The summed E-state index contributed by atoms with van der Waals surface area (Å²) in [7, 11) is 1.93. The molecule has 0 saturated heterocycles. The molecule has 0 N–H and O–H groups in total. The van der Waals surface area contributed by atoms with Gasteiger partial charge in [0.2, 0.25) is 0 Å². The Balaban J connectivity index is 1.41. The summed E-state index contributed by atoms with van der Waals surface area (Å²) in [6.45, 7) is 1.96. The Bertz CT molecular complexity index is 1420. The summed E-state index contributed by atoms with van der Waals surface area (Å²) in [6.07, 6.45) is 1.87. The zero-order valence-corrected chi connectivity index (χ0v) is 19.7. The fourth-order valence-electron chi connectivity index (χ4n) is 3.84. The standard InChI is InChI=1S/C30H26N4O/c1-23(32-33(2)26-12-6-3-7-13-26)30-21-25-20-24(18-19-29(25)35-30)22-31-34(27-14-8-4-9-15-27)28-16-10-5-11-17-28/h3-22H,1-2H3. The van der Waals surface area contributed by atoms with Crippen molar-refractivity contribution in [1.82, 2.24) is 0 Å². The van der Waals surface area contributed by atoms with Crippen molar-refractivity contribution in [3.63, 3.8) is 0 Å². The molecule has 5 nitrogen and oxygen atoms in total. The van der Waals surface area contributed by atoms with Gasteiger partial charge in [-0.1, -0.05) is 54.6 Å². The number of furan rings is 1. The van der Waals surface area contributed by atoms with Gasteiger partial charge in [-0.25, -0.2) is 5.01 Å². The highest BCUT2D eigenvalue weighted by molar-refractivity contribution is 6.01. The van der Waals surface area contributed by atoms with E-state index in [1.165, 1.54) is 0 Å². The fraction of sp³-hybridized carbons (Fsp3) is 0.0667. The van der Waals surface area contributed by atoms with E-state index in [2.05, 4.69) is 11.2 Å². The van der Waals surface area contributed by atoms with Crippen molar-refractivity contribution >= 4 is 40.0 Å². The molecular weight excluding hydrogens is 432 g/mol. The summed E-state index contributed by atoms with van der Waals surface area (Å²) in [4.78, 5) is 0. The number of rotatable bonds is 7. The molecule has 0 amide bonds. The Kier molecular flexibility index (Phi) is 6.39. The monoisotopic (exact) mass is 458 g/mol. The van der Waals surface area contributed by atoms with Gasteiger partial charge in [0.1, 0.15) is 11.3 Å². The first-order valence-electron chi connectivity index (χ1n) is 11.5. The largest absolute Gasteiger partial charge is 0.455 e. The Hall–Kier alpha value is -4.64. The molecule has 1 aromatic heterocycles. The van der Waals surface area contributed by atoms with Crippen LogP contribution in [0.3, 0.4) is 0 Å². The summed E-state index contributed by atoms with van der Waals surface area (Å²) >= 11 is 0. The number of nitrogens with zero attached hydrogens (tertiary/aromatic N) is 4. The minimum Gasteiger partial charge on any atom is -0.455 e. The van der Waals surface area contributed by atoms with Gasteiger partial charge in [0.15, 0.2) is 5.76 Å². The molecule has 5 aromatic rings. The summed E-state index contributed by atoms with van der Waals surface area (Å²) in [5, 5.41) is 14.3. The molecule has 172 valence electrons. The van der Waals surface area contributed by atoms with Gasteiger partial charge in [0.25, 0.3) is 0 Å². The highest BCUT2D eigenvalue weighted by Crippen LogP contribution is 2.26. The molecule has 0 aliphatic rings. The lowest BCUT2D eigenvalue weighted by Gasteiger charge is -2.19. The van der Waals surface area contributed by atoms with E-state index in [0.717, 1.165) is 45.1 Å². The smallest absolute Gasteiger partial charge is 0.151 e. The van der Waals surface area contributed by atoms with E-state index in [9.17, 15) is 0 Å². The number of anilines is 3. The van der Waals surface area contributed by atoms with Crippen LogP contribution in [-0.4, -0.2) is 19.0 Å². The van der Waals surface area contributed by atoms with Crippen LogP contribution in [0.4, 0.5) is 17.1 Å². The predicted molar refractivity (Wildman–Crippen MR) is 146 cm³/mol. The molecule has 0 unspecified atom stereocenters. The molecule has 0 radical (unpaired) electrons. The Morgan fingerprint density at radius 3 is 1.89 bits per heavy atom. The van der Waals surface area contributed by atoms with Crippen LogP contribution in [0.2, 0.25) is 0 Å². The van der Waals surface area contributed by atoms with Crippen molar-refractivity contribution in [2.75, 3.05) is 17.1 Å². The van der Waals surface area contributed by atoms with Gasteiger partial charge in [-0.2, -0.15) is 10.2 Å². The quantitative estimate of drug-likeness (QED) is 0.188. The normalized spacial score (nSPS) is 11.8. The van der Waals surface area contributed by atoms with Crippen molar-refractivity contribution in [1.29, 1.82) is 0 Å². The second-order valence-electron chi connectivity index (χ2n) is 8.18. The first kappa shape index (κ1) is 22.2. The van der Waals surface area contributed by atoms with Crippen LogP contribution in [-0.2, 0) is 0 Å². The number of hydrogen-bond donors (Lipinski definition) is 0. The molecule has 0 saturated carbocycles. The SMILES string of the molecule is CC(=NN(C)c1ccccc1)c1cc2cc(C=NN(c3ccccc3)c3ccccc3)ccc2o1. The third-order valence-electron chi connectivity index (χ3n) is 5.65. The van der Waals surface area contributed by atoms with Crippen LogP contribution < -0.4 is 10.0 Å². The molecule has 5 rings (SSSR count). The van der Waals surface area contributed by atoms with E-state index in [0.29, 0.717) is 0 Å². The second kappa shape index (κ2) is 10.1. The maximum atomic E-state index is 6.07. The van der Waals surface area contributed by atoms with Crippen molar-refractivity contribution in [2.24, 2.45) is 10.2 Å². The van der Waals surface area contributed by atoms with Crippen LogP contribution in [0.25, 0.3) is 11.0 Å². The topological polar surface area (TPSA) is 44.3 Å². The van der Waals surface area contributed by atoms with Crippen molar-refractivity contribution in [2.45, 2.75) is 6.92 Å². The van der Waals surface area contributed by atoms with Gasteiger partial charge in [0, 0.05) is 12.4 Å². The lowest BCUT2D eigenvalue weighted by Crippen LogP contribution is -2.11. The Labute approximate surface area is 205 Å². The Morgan fingerprint density at radius 2 is 1.29 bits per heavy atom. The highest BCUT2D eigenvalue weighted by Gasteiger charge is 2.10. The van der Waals surface area contributed by atoms with Gasteiger partial charge < -0.3 is 4.42 Å². The first-order valence-corrected chi connectivity index (χ1v) is 11.5. The average molecular weight is 459 g/mol. The molecule has 0 atom stereocenters. The highest BCUT2D eigenvalue weighted by atomic mass is 16.3. The van der Waals surface area contributed by atoms with Crippen LogP contribution in [0.5, 0.6) is 0 Å². The number of fused-ring (bicyclic) bond motifs is 1. The van der Waals surface area contributed by atoms with E-state index in [-0.39, 0.29) is 0 Å². The van der Waals surface area contributed by atoms with E-state index in [4.69, 9.17) is 9.52 Å². The third kappa shape index (κ3) is 5.14. The molecule has 0 spiro atoms. The van der Waals surface area contributed by atoms with Gasteiger partial charge in [-0.15, -0.1) is 0 Å². The second-order valence-corrected chi connectivity index (χ2v) is 8.18. The number of benzene rings is 4. The molecule has 0 fully saturated rings. The predicted octanol–water partition coefficient (Wildman–Crippen LogP) is 7.47. The van der Waals surface area contributed by atoms with Crippen molar-refractivity contribution in [3.05, 3.63) is 127 Å². The van der Waals surface area contributed by atoms with Crippen molar-refractivity contribution in [3.8, 4) is 0 Å². The minimum absolute atomic E-state index is 0.743. The summed E-state index contributed by atoms with van der Waals surface area (Å²) in [6, 6.07) is 38.4. The molecule has 0 aliphatic carbocycles. The average Bonchev–Trinajstić information content (AvgIpc) is 3.34. The van der Waals surface area contributed by atoms with Crippen LogP contribution in [0.1, 0.15) is 18.2 Å². The lowest BCUT2D eigenvalue weighted by atomic mass is 10.1. The number of hydrazone groups is 2. The van der Waals surface area contributed by atoms with Crippen LogP contribution in [0.15, 0.2) is 130 Å². The maximum absolute atomic E-state index is 6.07. The molecular formula is C30H26N4O. The molecule has 4 aromatic carbocycles. The zero-order valence-electron chi connectivity index (χ0n) is 19.7. The molecule has 0 aliphatic heterocycles. The third-order valence-corrected chi connectivity index (χ3v) is 5.65. The first-order chi connectivity index (χ1) is 17.2. The molecule has 1 heterocycles. The van der Waals surface area contributed by atoms with E-state index in [1.54, 1.807) is 0 Å². The number of hydrogen-bond acceptors (Lipinski definition) is 5. The molecule has 35 heavy (non-hydrogen) atoms. The summed E-state index contributed by atoms with van der Waals surface area (Å²) in [5.74, 6) is 0.743. The van der Waals surface area contributed by atoms with Gasteiger partial charge in [-0.05, 0) is 73.2 Å². The van der Waals surface area contributed by atoms with Gasteiger partial charge >= 0.3 is 0 Å². The van der Waals surface area contributed by atoms with E-state index >= 15 is 0 Å². The van der Waals surface area contributed by atoms with Crippen molar-refractivity contribution < 1.29 is 4.42 Å². The van der Waals surface area contributed by atoms with Crippen LogP contribution in [0, 0.1) is 0 Å². The zero-order chi connectivity index (χ0) is 24.0. The summed E-state index contributed by atoms with van der Waals surface area (Å²) < 4.78 is 6.07. The lowest BCUT2D eigenvalue weighted by molar-refractivity contribution is 0.603. The van der Waals surface area contributed by atoms with E-state index < -0.39 is 0 Å². The number of para-hydroxylation sites is 3. The van der Waals surface area contributed by atoms with E-state index in [1.807, 2.05) is 139 Å². The maximum Gasteiger partial charge on any atom is 0.151 e. The molecule has 5 heteroatoms.